The number of nitrogens with zero attached hydrogens (tertiary/aromatic N) is 2. The van der Waals surface area contributed by atoms with Crippen LogP contribution in [0, 0.1) is 17.2 Å². The number of methoxy groups -OCH3 is 1. The fourth-order valence-corrected chi connectivity index (χ4v) is 5.79. The molecule has 2 amide bonds. The lowest BCUT2D eigenvalue weighted by Gasteiger charge is -2.28. The summed E-state index contributed by atoms with van der Waals surface area (Å²) in [5, 5.41) is 13.4. The van der Waals surface area contributed by atoms with Crippen molar-refractivity contribution in [1.82, 2.24) is 15.2 Å². The number of nitriles is 1. The summed E-state index contributed by atoms with van der Waals surface area (Å²) in [7, 11) is 1.58. The van der Waals surface area contributed by atoms with E-state index in [9.17, 15) is 19.6 Å². The molecule has 8 heteroatoms. The molecule has 1 aliphatic heterocycles. The van der Waals surface area contributed by atoms with E-state index in [4.69, 9.17) is 4.74 Å². The summed E-state index contributed by atoms with van der Waals surface area (Å²) in [5.74, 6) is -0.247. The van der Waals surface area contributed by atoms with Gasteiger partial charge in [0.2, 0.25) is 5.91 Å². The van der Waals surface area contributed by atoms with Crippen molar-refractivity contribution in [1.29, 1.82) is 5.26 Å². The van der Waals surface area contributed by atoms with Gasteiger partial charge in [-0.05, 0) is 49.4 Å². The van der Waals surface area contributed by atoms with Gasteiger partial charge in [0.25, 0.3) is 5.91 Å². The maximum atomic E-state index is 13.7. The minimum absolute atomic E-state index is 0.156. The summed E-state index contributed by atoms with van der Waals surface area (Å²) in [4.78, 5) is 44.4. The predicted molar refractivity (Wildman–Crippen MR) is 138 cm³/mol. The van der Waals surface area contributed by atoms with E-state index in [1.807, 2.05) is 48.5 Å². The van der Waals surface area contributed by atoms with Gasteiger partial charge in [-0.3, -0.25) is 14.4 Å². The molecule has 190 valence electrons. The molecule has 5 rings (SSSR count). The van der Waals surface area contributed by atoms with Gasteiger partial charge >= 0.3 is 0 Å². The highest BCUT2D eigenvalue weighted by molar-refractivity contribution is 6.02. The average Bonchev–Trinajstić information content (AvgIpc) is 3.66. The topological polar surface area (TPSA) is 115 Å². The van der Waals surface area contributed by atoms with Crippen LogP contribution in [0.4, 0.5) is 0 Å². The molecule has 1 aliphatic carbocycles. The van der Waals surface area contributed by atoms with Crippen LogP contribution in [-0.4, -0.2) is 53.2 Å². The zero-order chi connectivity index (χ0) is 25.9. The van der Waals surface area contributed by atoms with Gasteiger partial charge in [0, 0.05) is 35.7 Å². The van der Waals surface area contributed by atoms with Crippen molar-refractivity contribution in [3.05, 3.63) is 65.9 Å². The van der Waals surface area contributed by atoms with Gasteiger partial charge in [-0.25, -0.2) is 0 Å². The van der Waals surface area contributed by atoms with Crippen LogP contribution in [-0.2, 0) is 9.59 Å². The van der Waals surface area contributed by atoms with Gasteiger partial charge in [-0.2, -0.15) is 5.26 Å². The van der Waals surface area contributed by atoms with E-state index < -0.39 is 12.1 Å². The van der Waals surface area contributed by atoms with Crippen LogP contribution in [0.1, 0.15) is 54.1 Å². The molecule has 2 aromatic carbocycles. The monoisotopic (exact) mass is 498 g/mol. The minimum atomic E-state index is -0.786. The van der Waals surface area contributed by atoms with E-state index in [1.54, 1.807) is 18.1 Å². The Morgan fingerprint density at radius 1 is 1.19 bits per heavy atom. The van der Waals surface area contributed by atoms with E-state index in [0.29, 0.717) is 37.3 Å². The molecule has 1 aromatic heterocycles. The predicted octanol–water partition coefficient (Wildman–Crippen LogP) is 3.94. The first-order valence-electron chi connectivity index (χ1n) is 12.7. The van der Waals surface area contributed by atoms with Crippen LogP contribution in [0.3, 0.4) is 0 Å². The van der Waals surface area contributed by atoms with E-state index >= 15 is 0 Å². The number of rotatable bonds is 7. The molecule has 1 saturated carbocycles. The highest BCUT2D eigenvalue weighted by Crippen LogP contribution is 2.36. The first kappa shape index (κ1) is 24.6. The van der Waals surface area contributed by atoms with Gasteiger partial charge in [0.15, 0.2) is 0 Å². The van der Waals surface area contributed by atoms with Gasteiger partial charge in [-0.1, -0.05) is 36.4 Å². The van der Waals surface area contributed by atoms with Crippen molar-refractivity contribution in [2.45, 2.75) is 50.1 Å². The van der Waals surface area contributed by atoms with Crippen LogP contribution in [0.2, 0.25) is 0 Å². The first-order valence-corrected chi connectivity index (χ1v) is 12.7. The number of aromatic nitrogens is 1. The Kier molecular flexibility index (Phi) is 6.95. The number of H-pyrrole nitrogens is 1. The quantitative estimate of drug-likeness (QED) is 0.512. The van der Waals surface area contributed by atoms with E-state index in [1.165, 1.54) is 0 Å². The van der Waals surface area contributed by atoms with Crippen molar-refractivity contribution >= 4 is 28.5 Å². The number of benzene rings is 2. The minimum Gasteiger partial charge on any atom is -0.496 e. The Morgan fingerprint density at radius 2 is 2.00 bits per heavy atom. The van der Waals surface area contributed by atoms with Crippen molar-refractivity contribution < 1.29 is 19.1 Å². The fourth-order valence-electron chi connectivity index (χ4n) is 5.79. The number of aromatic amines is 1. The Hall–Kier alpha value is -4.12. The third-order valence-electron chi connectivity index (χ3n) is 7.65. The number of likely N-dealkylation sites (tertiary alicyclic amines) is 1. The molecule has 3 aromatic rings. The summed E-state index contributed by atoms with van der Waals surface area (Å²) < 4.78 is 5.43. The second kappa shape index (κ2) is 10.5. The lowest BCUT2D eigenvalue weighted by molar-refractivity contribution is -0.126. The Balaban J connectivity index is 1.43. The van der Waals surface area contributed by atoms with E-state index in [0.717, 1.165) is 29.3 Å². The molecule has 0 spiro atoms. The van der Waals surface area contributed by atoms with E-state index in [2.05, 4.69) is 16.4 Å². The molecule has 0 radical (unpaired) electrons. The lowest BCUT2D eigenvalue weighted by atomic mass is 9.90. The molecule has 2 N–H and O–H groups in total. The number of hydrogen-bond acceptors (Lipinski definition) is 5. The molecule has 4 atom stereocenters. The van der Waals surface area contributed by atoms with Crippen LogP contribution in [0.25, 0.3) is 10.9 Å². The fraction of sp³-hybridized carbons (Fsp3) is 0.379. The number of fused-ring (bicyclic) bond motifs is 1. The standard InChI is InChI=1S/C29H30N4O4/c1-37-26-12-6-10-23-22(26)16-24(32-23)29(36)33-14-13-21(18-7-3-2-4-8-18)27(33)28(35)31-20(17-30)15-19-9-5-11-25(19)34/h2-4,6-8,10,12,16,19-21,27,32H,5,9,11,13-15H2,1H3,(H,31,35). The molecule has 1 saturated heterocycles. The van der Waals surface area contributed by atoms with Gasteiger partial charge in [0.1, 0.15) is 29.3 Å². The van der Waals surface area contributed by atoms with Crippen LogP contribution >= 0.6 is 0 Å². The molecule has 37 heavy (non-hydrogen) atoms. The molecule has 2 aliphatic rings. The summed E-state index contributed by atoms with van der Waals surface area (Å²) in [6, 6.07) is 17.6. The first-order chi connectivity index (χ1) is 18.0. The van der Waals surface area contributed by atoms with Crippen LogP contribution in [0.15, 0.2) is 54.6 Å². The van der Waals surface area contributed by atoms with Crippen molar-refractivity contribution in [2.75, 3.05) is 13.7 Å². The van der Waals surface area contributed by atoms with Crippen LogP contribution in [0.5, 0.6) is 5.75 Å². The summed E-state index contributed by atoms with van der Waals surface area (Å²) in [6.07, 6.45) is 3.03. The number of carbonyl (C=O) groups excluding carboxylic acids is 3. The second-order valence-corrected chi connectivity index (χ2v) is 9.84. The third-order valence-corrected chi connectivity index (χ3v) is 7.65. The largest absolute Gasteiger partial charge is 0.496 e. The zero-order valence-corrected chi connectivity index (χ0v) is 20.8. The molecule has 4 unspecified atom stereocenters. The zero-order valence-electron chi connectivity index (χ0n) is 20.8. The highest BCUT2D eigenvalue weighted by atomic mass is 16.5. The smallest absolute Gasteiger partial charge is 0.271 e. The summed E-state index contributed by atoms with van der Waals surface area (Å²) in [5.41, 5.74) is 2.11. The van der Waals surface area contributed by atoms with E-state index in [-0.39, 0.29) is 29.4 Å². The van der Waals surface area contributed by atoms with Gasteiger partial charge < -0.3 is 19.9 Å². The molecule has 0 bridgehead atoms. The summed E-state index contributed by atoms with van der Waals surface area (Å²) in [6.45, 7) is 0.404. The number of hydrogen-bond donors (Lipinski definition) is 2. The molecule has 8 nitrogen and oxygen atoms in total. The third kappa shape index (κ3) is 4.82. The lowest BCUT2D eigenvalue weighted by Crippen LogP contribution is -2.50. The molecule has 2 fully saturated rings. The average molecular weight is 499 g/mol. The van der Waals surface area contributed by atoms with Gasteiger partial charge in [0.05, 0.1) is 13.2 Å². The number of nitrogens with one attached hydrogen (secondary N) is 2. The second-order valence-electron chi connectivity index (χ2n) is 9.84. The number of amides is 2. The van der Waals surface area contributed by atoms with Crippen molar-refractivity contribution in [2.24, 2.45) is 5.92 Å². The number of Topliss-reactive ketones (excluding diaryl/α,β-unsaturated/α-hetero) is 1. The summed E-state index contributed by atoms with van der Waals surface area (Å²) >= 11 is 0. The number of ether oxygens (including phenoxy) is 1. The van der Waals surface area contributed by atoms with Crippen molar-refractivity contribution in [3.63, 3.8) is 0 Å². The Morgan fingerprint density at radius 3 is 2.70 bits per heavy atom. The van der Waals surface area contributed by atoms with Crippen molar-refractivity contribution in [3.8, 4) is 11.8 Å². The SMILES string of the molecule is COc1cccc2[nH]c(C(=O)N3CCC(c4ccccc4)C3C(=O)NC(C#N)CC3CCCC3=O)cc12. The van der Waals surface area contributed by atoms with Crippen LogP contribution < -0.4 is 10.1 Å². The molecular formula is C29H30N4O4. The Bertz CT molecular complexity index is 1360. The molecule has 2 heterocycles. The maximum Gasteiger partial charge on any atom is 0.271 e. The molecular weight excluding hydrogens is 468 g/mol. The number of ketones is 1. The number of carbonyl (C=O) groups is 3. The highest BCUT2D eigenvalue weighted by Gasteiger charge is 2.44. The maximum absolute atomic E-state index is 13.7. The Labute approximate surface area is 215 Å². The normalized spacial score (nSPS) is 22.1. The van der Waals surface area contributed by atoms with Gasteiger partial charge in [-0.15, -0.1) is 0 Å².